The summed E-state index contributed by atoms with van der Waals surface area (Å²) in [5.41, 5.74) is 2.05. The number of benzene rings is 1. The SMILES string of the molecule is COc1ccccc1CN(CCO)c1cc(C2CCOC2)ncn1. The first-order chi connectivity index (χ1) is 11.8. The van der Waals surface area contributed by atoms with Crippen molar-refractivity contribution < 1.29 is 14.6 Å². The van der Waals surface area contributed by atoms with E-state index in [0.29, 0.717) is 25.6 Å². The van der Waals surface area contributed by atoms with Crippen LogP contribution in [0.1, 0.15) is 23.6 Å². The molecule has 3 rings (SSSR count). The average Bonchev–Trinajstić information content (AvgIpc) is 3.17. The lowest BCUT2D eigenvalue weighted by Crippen LogP contribution is -2.27. The van der Waals surface area contributed by atoms with E-state index in [2.05, 4.69) is 9.97 Å². The number of methoxy groups -OCH3 is 1. The molecule has 1 N–H and O–H groups in total. The number of aromatic nitrogens is 2. The predicted octanol–water partition coefficient (Wildman–Crippen LogP) is 1.99. The van der Waals surface area contributed by atoms with Gasteiger partial charge in [0.1, 0.15) is 17.9 Å². The second-order valence-corrected chi connectivity index (χ2v) is 5.82. The maximum Gasteiger partial charge on any atom is 0.132 e. The normalized spacial score (nSPS) is 17.0. The molecular weight excluding hydrogens is 306 g/mol. The van der Waals surface area contributed by atoms with Gasteiger partial charge >= 0.3 is 0 Å². The van der Waals surface area contributed by atoms with E-state index < -0.39 is 0 Å². The van der Waals surface area contributed by atoms with Crippen LogP contribution in [0.3, 0.4) is 0 Å². The molecule has 1 saturated heterocycles. The molecule has 0 radical (unpaired) electrons. The van der Waals surface area contributed by atoms with Gasteiger partial charge < -0.3 is 19.5 Å². The maximum absolute atomic E-state index is 9.45. The Bertz CT molecular complexity index is 659. The van der Waals surface area contributed by atoms with Crippen LogP contribution in [0.15, 0.2) is 36.7 Å². The van der Waals surface area contributed by atoms with Gasteiger partial charge in [0.2, 0.25) is 0 Å². The number of para-hydroxylation sites is 1. The van der Waals surface area contributed by atoms with E-state index in [9.17, 15) is 5.11 Å². The molecule has 6 nitrogen and oxygen atoms in total. The smallest absolute Gasteiger partial charge is 0.132 e. The lowest BCUT2D eigenvalue weighted by atomic mass is 10.0. The molecule has 0 spiro atoms. The zero-order valence-corrected chi connectivity index (χ0v) is 13.9. The third kappa shape index (κ3) is 3.83. The molecule has 6 heteroatoms. The van der Waals surface area contributed by atoms with E-state index >= 15 is 0 Å². The minimum Gasteiger partial charge on any atom is -0.496 e. The topological polar surface area (TPSA) is 67.7 Å². The molecule has 2 aromatic rings. The first-order valence-corrected chi connectivity index (χ1v) is 8.19. The molecule has 1 aromatic heterocycles. The average molecular weight is 329 g/mol. The van der Waals surface area contributed by atoms with Crippen molar-refractivity contribution in [2.24, 2.45) is 0 Å². The zero-order chi connectivity index (χ0) is 16.8. The molecule has 1 fully saturated rings. The van der Waals surface area contributed by atoms with E-state index in [1.54, 1.807) is 13.4 Å². The van der Waals surface area contributed by atoms with Gasteiger partial charge in [-0.05, 0) is 12.5 Å². The van der Waals surface area contributed by atoms with Crippen molar-refractivity contribution in [3.8, 4) is 5.75 Å². The summed E-state index contributed by atoms with van der Waals surface area (Å²) in [5, 5.41) is 9.45. The second-order valence-electron chi connectivity index (χ2n) is 5.82. The lowest BCUT2D eigenvalue weighted by molar-refractivity contribution is 0.193. The first-order valence-electron chi connectivity index (χ1n) is 8.19. The molecule has 0 amide bonds. The van der Waals surface area contributed by atoms with Crippen molar-refractivity contribution in [3.05, 3.63) is 47.9 Å². The number of ether oxygens (including phenoxy) is 2. The van der Waals surface area contributed by atoms with Crippen LogP contribution in [0.2, 0.25) is 0 Å². The molecule has 0 saturated carbocycles. The molecule has 2 heterocycles. The Morgan fingerprint density at radius 2 is 2.21 bits per heavy atom. The Morgan fingerprint density at radius 3 is 2.96 bits per heavy atom. The van der Waals surface area contributed by atoms with Crippen molar-refractivity contribution in [3.63, 3.8) is 0 Å². The Labute approximate surface area is 142 Å². The van der Waals surface area contributed by atoms with E-state index in [1.807, 2.05) is 35.2 Å². The zero-order valence-electron chi connectivity index (χ0n) is 13.9. The van der Waals surface area contributed by atoms with Gasteiger partial charge in [-0.2, -0.15) is 0 Å². The van der Waals surface area contributed by atoms with Crippen LogP contribution >= 0.6 is 0 Å². The molecule has 128 valence electrons. The van der Waals surface area contributed by atoms with Gasteiger partial charge in [0.05, 0.1) is 26.0 Å². The third-order valence-corrected chi connectivity index (χ3v) is 4.27. The van der Waals surface area contributed by atoms with Crippen LogP contribution in [0.5, 0.6) is 5.75 Å². The highest BCUT2D eigenvalue weighted by Gasteiger charge is 2.21. The minimum absolute atomic E-state index is 0.0566. The number of hydrogen-bond acceptors (Lipinski definition) is 6. The maximum atomic E-state index is 9.45. The summed E-state index contributed by atoms with van der Waals surface area (Å²) in [7, 11) is 1.66. The third-order valence-electron chi connectivity index (χ3n) is 4.27. The van der Waals surface area contributed by atoms with Crippen molar-refractivity contribution >= 4 is 5.82 Å². The van der Waals surface area contributed by atoms with Crippen molar-refractivity contribution in [2.75, 3.05) is 38.4 Å². The number of anilines is 1. The van der Waals surface area contributed by atoms with E-state index in [4.69, 9.17) is 9.47 Å². The van der Waals surface area contributed by atoms with Crippen LogP contribution < -0.4 is 9.64 Å². The monoisotopic (exact) mass is 329 g/mol. The van der Waals surface area contributed by atoms with Gasteiger partial charge in [-0.15, -0.1) is 0 Å². The Kier molecular flexibility index (Phi) is 5.61. The number of aliphatic hydroxyl groups is 1. The Morgan fingerprint density at radius 1 is 1.33 bits per heavy atom. The molecule has 1 aromatic carbocycles. The van der Waals surface area contributed by atoms with Crippen LogP contribution in [-0.4, -0.2) is 48.5 Å². The summed E-state index contributed by atoms with van der Waals surface area (Å²) in [6.45, 7) is 2.66. The molecule has 1 atom stereocenters. The Balaban J connectivity index is 1.83. The molecule has 24 heavy (non-hydrogen) atoms. The van der Waals surface area contributed by atoms with Gasteiger partial charge in [-0.25, -0.2) is 9.97 Å². The number of rotatable bonds is 7. The highest BCUT2D eigenvalue weighted by atomic mass is 16.5. The minimum atomic E-state index is 0.0566. The highest BCUT2D eigenvalue weighted by molar-refractivity contribution is 5.43. The van der Waals surface area contributed by atoms with Crippen LogP contribution in [0, 0.1) is 0 Å². The summed E-state index contributed by atoms with van der Waals surface area (Å²) < 4.78 is 10.9. The molecule has 0 aliphatic carbocycles. The van der Waals surface area contributed by atoms with Crippen molar-refractivity contribution in [1.29, 1.82) is 0 Å². The van der Waals surface area contributed by atoms with Crippen LogP contribution in [0.4, 0.5) is 5.82 Å². The first kappa shape index (κ1) is 16.7. The fourth-order valence-corrected chi connectivity index (χ4v) is 2.96. The summed E-state index contributed by atoms with van der Waals surface area (Å²) in [6, 6.07) is 9.89. The molecule has 0 bridgehead atoms. The predicted molar refractivity (Wildman–Crippen MR) is 91.3 cm³/mol. The number of nitrogens with zero attached hydrogens (tertiary/aromatic N) is 3. The molecule has 1 aliphatic rings. The number of aliphatic hydroxyl groups excluding tert-OH is 1. The Hall–Kier alpha value is -2.18. The lowest BCUT2D eigenvalue weighted by Gasteiger charge is -2.24. The molecular formula is C18H23N3O3. The fraction of sp³-hybridized carbons (Fsp3) is 0.444. The summed E-state index contributed by atoms with van der Waals surface area (Å²) in [4.78, 5) is 10.8. The van der Waals surface area contributed by atoms with E-state index in [-0.39, 0.29) is 6.61 Å². The largest absolute Gasteiger partial charge is 0.496 e. The van der Waals surface area contributed by atoms with E-state index in [0.717, 1.165) is 35.9 Å². The molecule has 1 unspecified atom stereocenters. The fourth-order valence-electron chi connectivity index (χ4n) is 2.96. The second kappa shape index (κ2) is 8.08. The van der Waals surface area contributed by atoms with E-state index in [1.165, 1.54) is 0 Å². The van der Waals surface area contributed by atoms with Gasteiger partial charge in [-0.3, -0.25) is 0 Å². The van der Waals surface area contributed by atoms with Crippen molar-refractivity contribution in [2.45, 2.75) is 18.9 Å². The molecule has 1 aliphatic heterocycles. The van der Waals surface area contributed by atoms with Gasteiger partial charge in [0.25, 0.3) is 0 Å². The number of hydrogen-bond donors (Lipinski definition) is 1. The van der Waals surface area contributed by atoms with Gasteiger partial charge in [0, 0.05) is 37.2 Å². The van der Waals surface area contributed by atoms with Gasteiger partial charge in [-0.1, -0.05) is 18.2 Å². The van der Waals surface area contributed by atoms with Gasteiger partial charge in [0.15, 0.2) is 0 Å². The standard InChI is InChI=1S/C18H23N3O3/c1-23-17-5-3-2-4-14(17)11-21(7-8-22)18-10-16(19-13-20-18)15-6-9-24-12-15/h2-5,10,13,15,22H,6-9,11-12H2,1H3. The summed E-state index contributed by atoms with van der Waals surface area (Å²) in [5.74, 6) is 1.97. The van der Waals surface area contributed by atoms with Crippen LogP contribution in [-0.2, 0) is 11.3 Å². The summed E-state index contributed by atoms with van der Waals surface area (Å²) in [6.07, 6.45) is 2.58. The van der Waals surface area contributed by atoms with Crippen LogP contribution in [0.25, 0.3) is 0 Å². The quantitative estimate of drug-likeness (QED) is 0.838. The van der Waals surface area contributed by atoms with Crippen molar-refractivity contribution in [1.82, 2.24) is 9.97 Å². The highest BCUT2D eigenvalue weighted by Crippen LogP contribution is 2.27. The summed E-state index contributed by atoms with van der Waals surface area (Å²) >= 11 is 0.